The van der Waals surface area contributed by atoms with Gasteiger partial charge in [0.25, 0.3) is 0 Å². The van der Waals surface area contributed by atoms with Gasteiger partial charge in [-0.05, 0) is 42.6 Å². The van der Waals surface area contributed by atoms with Crippen molar-refractivity contribution < 1.29 is 5.11 Å². The molecule has 3 rings (SSSR count). The van der Waals surface area contributed by atoms with E-state index < -0.39 is 0 Å². The molecule has 1 aromatic rings. The normalized spacial score (nSPS) is 29.5. The SMILES string of the molecule is Oc1ccc(CN2CC3CNCC3C2)cc1. The molecule has 2 aliphatic heterocycles. The van der Waals surface area contributed by atoms with Crippen molar-refractivity contribution in [3.8, 4) is 5.75 Å². The number of fused-ring (bicyclic) bond motifs is 1. The number of aromatic hydroxyl groups is 1. The first-order valence-electron chi connectivity index (χ1n) is 6.02. The summed E-state index contributed by atoms with van der Waals surface area (Å²) in [5, 5.41) is 12.7. The Morgan fingerprint density at radius 2 is 1.75 bits per heavy atom. The van der Waals surface area contributed by atoms with E-state index in [1.807, 2.05) is 12.1 Å². The maximum Gasteiger partial charge on any atom is 0.115 e. The molecule has 0 bridgehead atoms. The maximum atomic E-state index is 9.23. The molecule has 1 aromatic carbocycles. The highest BCUT2D eigenvalue weighted by molar-refractivity contribution is 5.25. The van der Waals surface area contributed by atoms with E-state index >= 15 is 0 Å². The van der Waals surface area contributed by atoms with Crippen LogP contribution in [0.2, 0.25) is 0 Å². The third kappa shape index (κ3) is 1.93. The van der Waals surface area contributed by atoms with Crippen molar-refractivity contribution in [2.24, 2.45) is 11.8 Å². The van der Waals surface area contributed by atoms with Crippen LogP contribution in [0, 0.1) is 11.8 Å². The number of nitrogens with one attached hydrogen (secondary N) is 1. The lowest BCUT2D eigenvalue weighted by Gasteiger charge is -2.16. The molecule has 2 N–H and O–H groups in total. The molecule has 2 unspecified atom stereocenters. The lowest BCUT2D eigenvalue weighted by atomic mass is 10.0. The average Bonchev–Trinajstić information content (AvgIpc) is 2.81. The Bertz CT molecular complexity index is 351. The van der Waals surface area contributed by atoms with E-state index in [-0.39, 0.29) is 0 Å². The number of phenolic OH excluding ortho intramolecular Hbond substituents is 1. The molecule has 0 aliphatic carbocycles. The van der Waals surface area contributed by atoms with Gasteiger partial charge >= 0.3 is 0 Å². The number of phenols is 1. The first-order valence-corrected chi connectivity index (χ1v) is 6.02. The fraction of sp³-hybridized carbons (Fsp3) is 0.538. The highest BCUT2D eigenvalue weighted by atomic mass is 16.3. The van der Waals surface area contributed by atoms with Gasteiger partial charge in [0.2, 0.25) is 0 Å². The third-order valence-corrected chi connectivity index (χ3v) is 3.81. The first kappa shape index (κ1) is 10.1. The average molecular weight is 218 g/mol. The minimum Gasteiger partial charge on any atom is -0.508 e. The van der Waals surface area contributed by atoms with Crippen LogP contribution in [0.25, 0.3) is 0 Å². The van der Waals surface area contributed by atoms with Gasteiger partial charge in [0.15, 0.2) is 0 Å². The number of nitrogens with zero attached hydrogens (tertiary/aromatic N) is 1. The van der Waals surface area contributed by atoms with Gasteiger partial charge in [0.05, 0.1) is 0 Å². The van der Waals surface area contributed by atoms with E-state index in [1.54, 1.807) is 12.1 Å². The van der Waals surface area contributed by atoms with Crippen molar-refractivity contribution in [1.29, 1.82) is 0 Å². The van der Waals surface area contributed by atoms with Gasteiger partial charge in [-0.2, -0.15) is 0 Å². The summed E-state index contributed by atoms with van der Waals surface area (Å²) in [6.45, 7) is 5.85. The summed E-state index contributed by atoms with van der Waals surface area (Å²) in [7, 11) is 0. The lowest BCUT2D eigenvalue weighted by molar-refractivity contribution is 0.305. The van der Waals surface area contributed by atoms with Gasteiger partial charge in [-0.15, -0.1) is 0 Å². The van der Waals surface area contributed by atoms with E-state index in [0.29, 0.717) is 5.75 Å². The lowest BCUT2D eigenvalue weighted by Crippen LogP contribution is -2.25. The molecule has 0 amide bonds. The van der Waals surface area contributed by atoms with Crippen molar-refractivity contribution in [2.45, 2.75) is 6.54 Å². The molecule has 0 aromatic heterocycles. The second-order valence-corrected chi connectivity index (χ2v) is 5.04. The molecule has 86 valence electrons. The van der Waals surface area contributed by atoms with Crippen LogP contribution >= 0.6 is 0 Å². The molecular weight excluding hydrogens is 200 g/mol. The molecule has 3 nitrogen and oxygen atoms in total. The predicted octanol–water partition coefficient (Wildman–Crippen LogP) is 1.04. The zero-order chi connectivity index (χ0) is 11.0. The van der Waals surface area contributed by atoms with Crippen molar-refractivity contribution in [1.82, 2.24) is 10.2 Å². The van der Waals surface area contributed by atoms with Crippen LogP contribution in [0.15, 0.2) is 24.3 Å². The summed E-state index contributed by atoms with van der Waals surface area (Å²) in [4.78, 5) is 2.53. The quantitative estimate of drug-likeness (QED) is 0.778. The monoisotopic (exact) mass is 218 g/mol. The molecule has 0 spiro atoms. The summed E-state index contributed by atoms with van der Waals surface area (Å²) in [5.41, 5.74) is 1.30. The van der Waals surface area contributed by atoms with Crippen molar-refractivity contribution >= 4 is 0 Å². The topological polar surface area (TPSA) is 35.5 Å². The highest BCUT2D eigenvalue weighted by Crippen LogP contribution is 2.27. The second kappa shape index (κ2) is 4.07. The predicted molar refractivity (Wildman–Crippen MR) is 63.2 cm³/mol. The van der Waals surface area contributed by atoms with Crippen molar-refractivity contribution in [3.05, 3.63) is 29.8 Å². The van der Waals surface area contributed by atoms with Gasteiger partial charge in [-0.3, -0.25) is 4.90 Å². The minimum absolute atomic E-state index is 0.353. The fourth-order valence-corrected chi connectivity index (χ4v) is 2.94. The van der Waals surface area contributed by atoms with Gasteiger partial charge in [0, 0.05) is 19.6 Å². The Kier molecular flexibility index (Phi) is 2.58. The van der Waals surface area contributed by atoms with Gasteiger partial charge in [-0.1, -0.05) is 12.1 Å². The third-order valence-electron chi connectivity index (χ3n) is 3.81. The Morgan fingerprint density at radius 3 is 2.38 bits per heavy atom. The van der Waals surface area contributed by atoms with E-state index in [1.165, 1.54) is 31.7 Å². The Labute approximate surface area is 96.1 Å². The fourth-order valence-electron chi connectivity index (χ4n) is 2.94. The van der Waals surface area contributed by atoms with E-state index in [2.05, 4.69) is 10.2 Å². The van der Waals surface area contributed by atoms with Gasteiger partial charge in [-0.25, -0.2) is 0 Å². The molecule has 2 atom stereocenters. The van der Waals surface area contributed by atoms with Crippen molar-refractivity contribution in [3.63, 3.8) is 0 Å². The van der Waals surface area contributed by atoms with Gasteiger partial charge in [0.1, 0.15) is 5.75 Å². The summed E-state index contributed by atoms with van der Waals surface area (Å²) in [6, 6.07) is 7.57. The molecule has 0 saturated carbocycles. The number of hydrogen-bond donors (Lipinski definition) is 2. The molecule has 0 radical (unpaired) electrons. The summed E-state index contributed by atoms with van der Waals surface area (Å²) >= 11 is 0. The van der Waals surface area contributed by atoms with Crippen LogP contribution in [-0.2, 0) is 6.54 Å². The van der Waals surface area contributed by atoms with Gasteiger partial charge < -0.3 is 10.4 Å². The van der Waals surface area contributed by atoms with Crippen LogP contribution in [0.5, 0.6) is 5.75 Å². The first-order chi connectivity index (χ1) is 7.81. The van der Waals surface area contributed by atoms with Crippen LogP contribution in [0.4, 0.5) is 0 Å². The Hall–Kier alpha value is -1.06. The standard InChI is InChI=1S/C13H18N2O/c16-13-3-1-10(2-4-13)7-15-8-11-5-14-6-12(11)9-15/h1-4,11-12,14,16H,5-9H2. The van der Waals surface area contributed by atoms with E-state index in [0.717, 1.165) is 18.4 Å². The highest BCUT2D eigenvalue weighted by Gasteiger charge is 2.35. The smallest absolute Gasteiger partial charge is 0.115 e. The molecule has 16 heavy (non-hydrogen) atoms. The second-order valence-electron chi connectivity index (χ2n) is 5.04. The molecule has 2 aliphatic rings. The molecule has 3 heteroatoms. The Morgan fingerprint density at radius 1 is 1.12 bits per heavy atom. The van der Waals surface area contributed by atoms with Crippen LogP contribution in [-0.4, -0.2) is 36.2 Å². The zero-order valence-electron chi connectivity index (χ0n) is 9.39. The minimum atomic E-state index is 0.353. The Balaban J connectivity index is 1.62. The van der Waals surface area contributed by atoms with Crippen LogP contribution < -0.4 is 5.32 Å². The molecule has 2 fully saturated rings. The molecular formula is C13H18N2O. The summed E-state index contributed by atoms with van der Waals surface area (Å²) in [5.74, 6) is 2.07. The number of hydrogen-bond acceptors (Lipinski definition) is 3. The molecule has 2 saturated heterocycles. The summed E-state index contributed by atoms with van der Waals surface area (Å²) in [6.07, 6.45) is 0. The largest absolute Gasteiger partial charge is 0.508 e. The number of benzene rings is 1. The maximum absolute atomic E-state index is 9.23. The summed E-state index contributed by atoms with van der Waals surface area (Å²) < 4.78 is 0. The van der Waals surface area contributed by atoms with Crippen molar-refractivity contribution in [2.75, 3.05) is 26.2 Å². The zero-order valence-corrected chi connectivity index (χ0v) is 9.39. The molecule has 2 heterocycles. The number of likely N-dealkylation sites (tertiary alicyclic amines) is 1. The van der Waals surface area contributed by atoms with E-state index in [4.69, 9.17) is 0 Å². The van der Waals surface area contributed by atoms with Crippen LogP contribution in [0.3, 0.4) is 0 Å². The van der Waals surface area contributed by atoms with E-state index in [9.17, 15) is 5.11 Å². The van der Waals surface area contributed by atoms with Crippen LogP contribution in [0.1, 0.15) is 5.56 Å². The number of rotatable bonds is 2.